The summed E-state index contributed by atoms with van der Waals surface area (Å²) in [5, 5.41) is 7.77. The fourth-order valence-electron chi connectivity index (χ4n) is 0.0500. The van der Waals surface area contributed by atoms with Crippen molar-refractivity contribution >= 4 is 12.6 Å². The minimum atomic E-state index is 0.559. The van der Waals surface area contributed by atoms with Crippen molar-refractivity contribution in [3.8, 4) is 0 Å². The van der Waals surface area contributed by atoms with Gasteiger partial charge in [-0.25, -0.2) is 5.48 Å². The largest absolute Gasteiger partial charge is 0.317 e. The van der Waals surface area contributed by atoms with Crippen LogP contribution < -0.4 is 5.48 Å². The molecule has 0 bridgehead atoms. The Labute approximate surface area is 36.6 Å². The van der Waals surface area contributed by atoms with Crippen molar-refractivity contribution in [2.45, 2.75) is 0 Å². The normalized spacial score (nSPS) is 8.40. The Morgan fingerprint density at radius 1 is 1.80 bits per heavy atom. The van der Waals surface area contributed by atoms with Crippen LogP contribution in [0.3, 0.4) is 0 Å². The van der Waals surface area contributed by atoms with Gasteiger partial charge in [-0.05, 0) is 0 Å². The first kappa shape index (κ1) is 5.27. The van der Waals surface area contributed by atoms with Gasteiger partial charge in [0.1, 0.15) is 0 Å². The highest BCUT2D eigenvalue weighted by molar-refractivity contribution is 7.80. The van der Waals surface area contributed by atoms with Crippen LogP contribution in [-0.2, 0) is 0 Å². The van der Waals surface area contributed by atoms with E-state index in [1.165, 1.54) is 0 Å². The zero-order chi connectivity index (χ0) is 4.12. The number of nitrogens with one attached hydrogen (secondary N) is 1. The van der Waals surface area contributed by atoms with Crippen LogP contribution in [0.1, 0.15) is 0 Å². The standard InChI is InChI=1S/C2H7NOS/c4-3-1-2-5/h3-5H,1-2H2. The fraction of sp³-hybridized carbons (Fsp3) is 1.00. The van der Waals surface area contributed by atoms with Crippen LogP contribution >= 0.6 is 12.6 Å². The van der Waals surface area contributed by atoms with Gasteiger partial charge < -0.3 is 5.21 Å². The molecule has 0 unspecified atom stereocenters. The summed E-state index contributed by atoms with van der Waals surface area (Å²) in [5.74, 6) is 0.677. The van der Waals surface area contributed by atoms with E-state index in [9.17, 15) is 0 Å². The molecule has 0 spiro atoms. The first-order valence-corrected chi connectivity index (χ1v) is 2.03. The second-order valence-corrected chi connectivity index (χ2v) is 1.08. The Bertz CT molecular complexity index is 17.1. The smallest absolute Gasteiger partial charge is 0.0295 e. The maximum absolute atomic E-state index is 7.77. The van der Waals surface area contributed by atoms with Crippen LogP contribution in [0.5, 0.6) is 0 Å². The molecule has 0 amide bonds. The summed E-state index contributed by atoms with van der Waals surface area (Å²) in [4.78, 5) is 0. The SMILES string of the molecule is ONCCS. The van der Waals surface area contributed by atoms with Gasteiger partial charge in [0.05, 0.1) is 0 Å². The van der Waals surface area contributed by atoms with Crippen LogP contribution in [-0.4, -0.2) is 17.5 Å². The van der Waals surface area contributed by atoms with Crippen LogP contribution in [0.15, 0.2) is 0 Å². The molecule has 0 aromatic carbocycles. The number of hydrogen-bond donors (Lipinski definition) is 3. The zero-order valence-corrected chi connectivity index (χ0v) is 3.70. The molecule has 2 N–H and O–H groups in total. The van der Waals surface area contributed by atoms with E-state index in [0.717, 1.165) is 0 Å². The summed E-state index contributed by atoms with van der Waals surface area (Å²) in [6.07, 6.45) is 0. The van der Waals surface area contributed by atoms with Crippen molar-refractivity contribution in [2.24, 2.45) is 0 Å². The summed E-state index contributed by atoms with van der Waals surface area (Å²) in [5.41, 5.74) is 1.94. The second kappa shape index (κ2) is 4.27. The summed E-state index contributed by atoms with van der Waals surface area (Å²) in [6, 6.07) is 0. The minimum Gasteiger partial charge on any atom is -0.317 e. The van der Waals surface area contributed by atoms with Gasteiger partial charge in [0.15, 0.2) is 0 Å². The van der Waals surface area contributed by atoms with Crippen molar-refractivity contribution in [1.82, 2.24) is 5.48 Å². The maximum Gasteiger partial charge on any atom is 0.0295 e. The van der Waals surface area contributed by atoms with Gasteiger partial charge in [0, 0.05) is 12.3 Å². The highest BCUT2D eigenvalue weighted by atomic mass is 32.1. The lowest BCUT2D eigenvalue weighted by Crippen LogP contribution is -2.08. The van der Waals surface area contributed by atoms with Crippen molar-refractivity contribution in [1.29, 1.82) is 0 Å². The van der Waals surface area contributed by atoms with Crippen LogP contribution in [0, 0.1) is 0 Å². The lowest BCUT2D eigenvalue weighted by atomic mass is 10.8. The van der Waals surface area contributed by atoms with E-state index >= 15 is 0 Å². The molecule has 0 radical (unpaired) electrons. The molecular formula is C2H7NOS. The maximum atomic E-state index is 7.77. The molecule has 0 aliphatic carbocycles. The van der Waals surface area contributed by atoms with Crippen molar-refractivity contribution in [2.75, 3.05) is 12.3 Å². The lowest BCUT2D eigenvalue weighted by molar-refractivity contribution is 0.174. The van der Waals surface area contributed by atoms with E-state index in [1.807, 2.05) is 5.48 Å². The molecule has 0 heterocycles. The number of hydroxylamine groups is 1. The quantitative estimate of drug-likeness (QED) is 0.329. The molecule has 0 saturated heterocycles. The predicted molar refractivity (Wildman–Crippen MR) is 23.6 cm³/mol. The molecule has 0 aromatic rings. The van der Waals surface area contributed by atoms with Gasteiger partial charge in [0.25, 0.3) is 0 Å². The van der Waals surface area contributed by atoms with E-state index in [2.05, 4.69) is 12.6 Å². The Morgan fingerprint density at radius 3 is 2.40 bits per heavy atom. The number of thiol groups is 1. The van der Waals surface area contributed by atoms with E-state index in [1.54, 1.807) is 0 Å². The van der Waals surface area contributed by atoms with Crippen LogP contribution in [0.2, 0.25) is 0 Å². The lowest BCUT2D eigenvalue weighted by Gasteiger charge is -1.83. The van der Waals surface area contributed by atoms with E-state index < -0.39 is 0 Å². The predicted octanol–water partition coefficient (Wildman–Crippen LogP) is -0.105. The summed E-state index contributed by atoms with van der Waals surface area (Å²) in [7, 11) is 0. The molecule has 32 valence electrons. The number of hydrogen-bond acceptors (Lipinski definition) is 3. The average molecular weight is 93.2 g/mol. The third-order valence-corrected chi connectivity index (χ3v) is 0.447. The van der Waals surface area contributed by atoms with E-state index in [4.69, 9.17) is 5.21 Å². The Balaban J connectivity index is 2.19. The first-order valence-electron chi connectivity index (χ1n) is 1.39. The molecule has 0 rings (SSSR count). The van der Waals surface area contributed by atoms with Gasteiger partial charge in [-0.3, -0.25) is 0 Å². The molecule has 0 saturated carbocycles. The Kier molecular flexibility index (Phi) is 4.50. The first-order chi connectivity index (χ1) is 2.41. The van der Waals surface area contributed by atoms with Gasteiger partial charge >= 0.3 is 0 Å². The fourth-order valence-corrected chi connectivity index (χ4v) is 0.150. The molecular weight excluding hydrogens is 86.1 g/mol. The molecule has 0 aromatic heterocycles. The van der Waals surface area contributed by atoms with Gasteiger partial charge in [0.2, 0.25) is 0 Å². The minimum absolute atomic E-state index is 0.559. The molecule has 0 aliphatic rings. The van der Waals surface area contributed by atoms with E-state index in [0.29, 0.717) is 12.3 Å². The second-order valence-electron chi connectivity index (χ2n) is 0.632. The van der Waals surface area contributed by atoms with Crippen molar-refractivity contribution in [3.05, 3.63) is 0 Å². The average Bonchev–Trinajstić information content (AvgIpc) is 1.41. The number of rotatable bonds is 2. The van der Waals surface area contributed by atoms with Crippen molar-refractivity contribution in [3.63, 3.8) is 0 Å². The van der Waals surface area contributed by atoms with E-state index in [-0.39, 0.29) is 0 Å². The monoisotopic (exact) mass is 93.0 g/mol. The Morgan fingerprint density at radius 2 is 2.40 bits per heavy atom. The van der Waals surface area contributed by atoms with Crippen LogP contribution in [0.4, 0.5) is 0 Å². The molecule has 0 atom stereocenters. The Hall–Kier alpha value is 0.270. The molecule has 0 fully saturated rings. The topological polar surface area (TPSA) is 32.3 Å². The van der Waals surface area contributed by atoms with Gasteiger partial charge in [-0.1, -0.05) is 0 Å². The molecule has 2 nitrogen and oxygen atoms in total. The van der Waals surface area contributed by atoms with Gasteiger partial charge in [-0.2, -0.15) is 12.6 Å². The highest BCUT2D eigenvalue weighted by Crippen LogP contribution is 1.62. The van der Waals surface area contributed by atoms with Crippen LogP contribution in [0.25, 0.3) is 0 Å². The third kappa shape index (κ3) is 4.27. The summed E-state index contributed by atoms with van der Waals surface area (Å²) in [6.45, 7) is 0.559. The molecule has 5 heavy (non-hydrogen) atoms. The summed E-state index contributed by atoms with van der Waals surface area (Å²) >= 11 is 3.78. The highest BCUT2D eigenvalue weighted by Gasteiger charge is 1.66. The van der Waals surface area contributed by atoms with Gasteiger partial charge in [-0.15, -0.1) is 0 Å². The summed E-state index contributed by atoms with van der Waals surface area (Å²) < 4.78 is 0. The van der Waals surface area contributed by atoms with Crippen molar-refractivity contribution < 1.29 is 5.21 Å². The molecule has 0 aliphatic heterocycles. The molecule has 3 heteroatoms. The zero-order valence-electron chi connectivity index (χ0n) is 2.81. The third-order valence-electron chi connectivity index (χ3n) is 0.224.